The highest BCUT2D eigenvalue weighted by atomic mass is 19.1. The van der Waals surface area contributed by atoms with E-state index in [1.807, 2.05) is 16.8 Å². The van der Waals surface area contributed by atoms with Crippen molar-refractivity contribution in [2.45, 2.75) is 6.54 Å². The summed E-state index contributed by atoms with van der Waals surface area (Å²) in [6, 6.07) is 8.44. The Morgan fingerprint density at radius 3 is 2.48 bits per heavy atom. The van der Waals surface area contributed by atoms with Gasteiger partial charge in [0.05, 0.1) is 6.54 Å². The standard InChI is InChI=1S/C18H22FN5O/c1-22(13-15-5-2-3-6-16(15)19)14-17(25)23-9-11-24(12-10-23)18-20-7-4-8-21-18/h2-8H,9-14H2,1H3. The molecule has 0 atom stereocenters. The van der Waals surface area contributed by atoms with E-state index in [0.717, 1.165) is 0 Å². The summed E-state index contributed by atoms with van der Waals surface area (Å²) in [5, 5.41) is 0. The largest absolute Gasteiger partial charge is 0.338 e. The van der Waals surface area contributed by atoms with Crippen molar-refractivity contribution in [2.75, 3.05) is 44.7 Å². The summed E-state index contributed by atoms with van der Waals surface area (Å²) < 4.78 is 13.7. The van der Waals surface area contributed by atoms with Gasteiger partial charge in [-0.2, -0.15) is 0 Å². The van der Waals surface area contributed by atoms with Crippen molar-refractivity contribution in [1.82, 2.24) is 19.8 Å². The van der Waals surface area contributed by atoms with Gasteiger partial charge in [-0.25, -0.2) is 14.4 Å². The molecule has 0 aliphatic carbocycles. The number of rotatable bonds is 5. The molecule has 0 bridgehead atoms. The number of likely N-dealkylation sites (N-methyl/N-ethyl adjacent to an activating group) is 1. The van der Waals surface area contributed by atoms with E-state index >= 15 is 0 Å². The van der Waals surface area contributed by atoms with E-state index in [4.69, 9.17) is 0 Å². The summed E-state index contributed by atoms with van der Waals surface area (Å²) in [4.78, 5) is 26.7. The maximum atomic E-state index is 13.7. The highest BCUT2D eigenvalue weighted by Crippen LogP contribution is 2.11. The van der Waals surface area contributed by atoms with Crippen LogP contribution in [0.15, 0.2) is 42.7 Å². The lowest BCUT2D eigenvalue weighted by molar-refractivity contribution is -0.132. The fourth-order valence-electron chi connectivity index (χ4n) is 2.91. The van der Waals surface area contributed by atoms with E-state index in [9.17, 15) is 9.18 Å². The summed E-state index contributed by atoms with van der Waals surface area (Å²) in [7, 11) is 1.83. The van der Waals surface area contributed by atoms with Gasteiger partial charge in [-0.15, -0.1) is 0 Å². The molecule has 0 N–H and O–H groups in total. The number of hydrogen-bond donors (Lipinski definition) is 0. The van der Waals surface area contributed by atoms with Crippen LogP contribution in [-0.2, 0) is 11.3 Å². The van der Waals surface area contributed by atoms with Crippen LogP contribution in [0.4, 0.5) is 10.3 Å². The minimum atomic E-state index is -0.238. The maximum Gasteiger partial charge on any atom is 0.236 e. The first-order valence-corrected chi connectivity index (χ1v) is 8.35. The number of carbonyl (C=O) groups is 1. The first-order valence-electron chi connectivity index (χ1n) is 8.35. The van der Waals surface area contributed by atoms with Crippen LogP contribution in [0.3, 0.4) is 0 Å². The fourth-order valence-corrected chi connectivity index (χ4v) is 2.91. The molecule has 0 radical (unpaired) electrons. The van der Waals surface area contributed by atoms with Gasteiger partial charge in [-0.3, -0.25) is 9.69 Å². The zero-order chi connectivity index (χ0) is 17.6. The van der Waals surface area contributed by atoms with Crippen LogP contribution in [0.5, 0.6) is 0 Å². The lowest BCUT2D eigenvalue weighted by Gasteiger charge is -2.35. The van der Waals surface area contributed by atoms with Crippen molar-refractivity contribution < 1.29 is 9.18 Å². The average molecular weight is 343 g/mol. The first-order chi connectivity index (χ1) is 12.1. The summed E-state index contributed by atoms with van der Waals surface area (Å²) in [6.45, 7) is 3.40. The van der Waals surface area contributed by atoms with Crippen molar-refractivity contribution in [2.24, 2.45) is 0 Å². The molecule has 1 amide bonds. The molecule has 0 unspecified atom stereocenters. The number of amides is 1. The van der Waals surface area contributed by atoms with E-state index in [0.29, 0.717) is 44.2 Å². The Balaban J connectivity index is 1.48. The maximum absolute atomic E-state index is 13.7. The van der Waals surface area contributed by atoms with Gasteiger partial charge in [0.2, 0.25) is 11.9 Å². The normalized spacial score (nSPS) is 14.8. The molecule has 1 aromatic heterocycles. The quantitative estimate of drug-likeness (QED) is 0.821. The minimum Gasteiger partial charge on any atom is -0.338 e. The molecule has 1 aliphatic rings. The van der Waals surface area contributed by atoms with E-state index < -0.39 is 0 Å². The smallest absolute Gasteiger partial charge is 0.236 e. The zero-order valence-electron chi connectivity index (χ0n) is 14.3. The fraction of sp³-hybridized carbons (Fsp3) is 0.389. The average Bonchev–Trinajstić information content (AvgIpc) is 2.64. The van der Waals surface area contributed by atoms with E-state index in [1.54, 1.807) is 36.7 Å². The number of halogens is 1. The zero-order valence-corrected chi connectivity index (χ0v) is 14.3. The number of carbonyl (C=O) groups excluding carboxylic acids is 1. The molecule has 7 heteroatoms. The molecule has 2 heterocycles. The van der Waals surface area contributed by atoms with Crippen molar-refractivity contribution in [1.29, 1.82) is 0 Å². The predicted octanol–water partition coefficient (Wildman–Crippen LogP) is 1.40. The van der Waals surface area contributed by atoms with E-state index in [2.05, 4.69) is 14.9 Å². The van der Waals surface area contributed by atoms with Crippen molar-refractivity contribution >= 4 is 11.9 Å². The van der Waals surface area contributed by atoms with Gasteiger partial charge >= 0.3 is 0 Å². The van der Waals surface area contributed by atoms with Crippen LogP contribution < -0.4 is 4.90 Å². The highest BCUT2D eigenvalue weighted by Gasteiger charge is 2.23. The van der Waals surface area contributed by atoms with Gasteiger partial charge in [-0.05, 0) is 19.2 Å². The number of benzene rings is 1. The van der Waals surface area contributed by atoms with Crippen molar-refractivity contribution in [3.63, 3.8) is 0 Å². The topological polar surface area (TPSA) is 52.6 Å². The third kappa shape index (κ3) is 4.51. The molecule has 2 aromatic rings. The number of piperazine rings is 1. The van der Waals surface area contributed by atoms with Gasteiger partial charge in [0, 0.05) is 50.7 Å². The van der Waals surface area contributed by atoms with Crippen LogP contribution in [0, 0.1) is 5.82 Å². The molecule has 1 aromatic carbocycles. The number of anilines is 1. The van der Waals surface area contributed by atoms with E-state index in [1.165, 1.54) is 6.07 Å². The van der Waals surface area contributed by atoms with Gasteiger partial charge in [0.1, 0.15) is 5.82 Å². The molecule has 1 aliphatic heterocycles. The highest BCUT2D eigenvalue weighted by molar-refractivity contribution is 5.78. The van der Waals surface area contributed by atoms with Gasteiger partial charge < -0.3 is 9.80 Å². The second kappa shape index (κ2) is 8.02. The van der Waals surface area contributed by atoms with Crippen LogP contribution in [0.2, 0.25) is 0 Å². The lowest BCUT2D eigenvalue weighted by atomic mass is 10.2. The van der Waals surface area contributed by atoms with E-state index in [-0.39, 0.29) is 18.3 Å². The SMILES string of the molecule is CN(CC(=O)N1CCN(c2ncccn2)CC1)Cc1ccccc1F. The summed E-state index contributed by atoms with van der Waals surface area (Å²) in [5.74, 6) is 0.525. The molecular formula is C18H22FN5O. The van der Waals surface area contributed by atoms with Gasteiger partial charge in [0.15, 0.2) is 0 Å². The van der Waals surface area contributed by atoms with Crippen LogP contribution >= 0.6 is 0 Å². The molecule has 0 spiro atoms. The summed E-state index contributed by atoms with van der Waals surface area (Å²) in [6.07, 6.45) is 3.44. The van der Waals surface area contributed by atoms with Crippen LogP contribution in [0.25, 0.3) is 0 Å². The Labute approximate surface area is 146 Å². The van der Waals surface area contributed by atoms with Gasteiger partial charge in [-0.1, -0.05) is 18.2 Å². The van der Waals surface area contributed by atoms with Crippen molar-refractivity contribution in [3.8, 4) is 0 Å². The Morgan fingerprint density at radius 2 is 1.80 bits per heavy atom. The summed E-state index contributed by atoms with van der Waals surface area (Å²) >= 11 is 0. The number of nitrogens with zero attached hydrogens (tertiary/aromatic N) is 5. The lowest BCUT2D eigenvalue weighted by Crippen LogP contribution is -2.51. The third-order valence-electron chi connectivity index (χ3n) is 4.27. The molecule has 25 heavy (non-hydrogen) atoms. The second-order valence-electron chi connectivity index (χ2n) is 6.18. The molecule has 0 saturated carbocycles. The Hall–Kier alpha value is -2.54. The summed E-state index contributed by atoms with van der Waals surface area (Å²) in [5.41, 5.74) is 0.601. The Bertz CT molecular complexity index is 704. The second-order valence-corrected chi connectivity index (χ2v) is 6.18. The molecule has 1 fully saturated rings. The third-order valence-corrected chi connectivity index (χ3v) is 4.27. The van der Waals surface area contributed by atoms with Gasteiger partial charge in [0.25, 0.3) is 0 Å². The van der Waals surface area contributed by atoms with Crippen LogP contribution in [0.1, 0.15) is 5.56 Å². The molecular weight excluding hydrogens is 321 g/mol. The Kier molecular flexibility index (Phi) is 5.55. The minimum absolute atomic E-state index is 0.0625. The number of hydrogen-bond acceptors (Lipinski definition) is 5. The predicted molar refractivity (Wildman–Crippen MR) is 93.6 cm³/mol. The molecule has 1 saturated heterocycles. The monoisotopic (exact) mass is 343 g/mol. The first kappa shape index (κ1) is 17.3. The Morgan fingerprint density at radius 1 is 1.12 bits per heavy atom. The molecule has 3 rings (SSSR count). The van der Waals surface area contributed by atoms with Crippen molar-refractivity contribution in [3.05, 3.63) is 54.1 Å². The van der Waals surface area contributed by atoms with Crippen LogP contribution in [-0.4, -0.2) is 65.4 Å². The molecule has 132 valence electrons. The number of aromatic nitrogens is 2. The molecule has 6 nitrogen and oxygen atoms in total.